The van der Waals surface area contributed by atoms with Crippen molar-refractivity contribution in [2.45, 2.75) is 30.8 Å². The van der Waals surface area contributed by atoms with Crippen molar-refractivity contribution in [3.05, 3.63) is 0 Å². The molecule has 70 valence electrons. The lowest BCUT2D eigenvalue weighted by Crippen LogP contribution is -2.40. The van der Waals surface area contributed by atoms with E-state index in [1.165, 1.54) is 0 Å². The Hall–Kier alpha value is 0.170. The summed E-state index contributed by atoms with van der Waals surface area (Å²) in [6, 6.07) is 0. The Morgan fingerprint density at radius 2 is 2.33 bits per heavy atom. The summed E-state index contributed by atoms with van der Waals surface area (Å²) in [7, 11) is -0.960. The third-order valence-corrected chi connectivity index (χ3v) is 6.05. The smallest absolute Gasteiger partial charge is 0.160 e. The van der Waals surface area contributed by atoms with Gasteiger partial charge in [-0.05, 0) is 19.1 Å². The van der Waals surface area contributed by atoms with Crippen LogP contribution in [-0.2, 0) is 15.6 Å². The number of hydrogen-bond donors (Lipinski definition) is 0. The normalized spacial score (nSPS) is 36.3. The van der Waals surface area contributed by atoms with Crippen molar-refractivity contribution in [2.24, 2.45) is 0 Å². The molecule has 2 atom stereocenters. The zero-order valence-corrected chi connectivity index (χ0v) is 9.09. The molecular formula is C8H14O2S2. The van der Waals surface area contributed by atoms with E-state index in [0.29, 0.717) is 12.2 Å². The largest absolute Gasteiger partial charge is 0.297 e. The van der Waals surface area contributed by atoms with Gasteiger partial charge in [0.2, 0.25) is 0 Å². The maximum absolute atomic E-state index is 11.6. The van der Waals surface area contributed by atoms with Crippen molar-refractivity contribution in [2.75, 3.05) is 11.5 Å². The number of hydrogen-bond acceptors (Lipinski definition) is 3. The minimum absolute atomic E-state index is 0.130. The summed E-state index contributed by atoms with van der Waals surface area (Å²) in [5.41, 5.74) is 0. The Balaban J connectivity index is 2.79. The highest BCUT2D eigenvalue weighted by atomic mass is 32.2. The van der Waals surface area contributed by atoms with Crippen LogP contribution in [0.1, 0.15) is 26.7 Å². The molecule has 0 radical (unpaired) electrons. The molecule has 0 N–H and O–H groups in total. The van der Waals surface area contributed by atoms with Crippen molar-refractivity contribution in [1.82, 2.24) is 0 Å². The van der Waals surface area contributed by atoms with Crippen LogP contribution in [0.25, 0.3) is 0 Å². The molecule has 1 heterocycles. The van der Waals surface area contributed by atoms with Crippen LogP contribution >= 0.6 is 11.8 Å². The molecule has 0 aromatic rings. The molecule has 1 aliphatic heterocycles. The zero-order chi connectivity index (χ0) is 9.19. The highest BCUT2D eigenvalue weighted by molar-refractivity contribution is 8.14. The second-order valence-electron chi connectivity index (χ2n) is 2.97. The number of thioether (sulfide) groups is 1. The number of Topliss-reactive ketones (excluding diaryl/α,β-unsaturated/α-hetero) is 1. The first kappa shape index (κ1) is 10.3. The predicted octanol–water partition coefficient (Wildman–Crippen LogP) is 1.57. The fraction of sp³-hybridized carbons (Fsp3) is 0.875. The lowest BCUT2D eigenvalue weighted by atomic mass is 10.2. The summed E-state index contributed by atoms with van der Waals surface area (Å²) in [4.78, 5) is 11.5. The zero-order valence-electron chi connectivity index (χ0n) is 7.46. The molecule has 0 amide bonds. The van der Waals surface area contributed by atoms with Gasteiger partial charge in [-0.25, -0.2) is 0 Å². The molecule has 1 fully saturated rings. The van der Waals surface area contributed by atoms with E-state index in [-0.39, 0.29) is 5.78 Å². The van der Waals surface area contributed by atoms with Crippen LogP contribution in [-0.4, -0.2) is 25.6 Å². The van der Waals surface area contributed by atoms with E-state index in [2.05, 4.69) is 0 Å². The van der Waals surface area contributed by atoms with Crippen LogP contribution in [0.3, 0.4) is 0 Å². The molecule has 1 rings (SSSR count). The van der Waals surface area contributed by atoms with Gasteiger partial charge in [-0.3, -0.25) is 9.00 Å². The highest BCUT2D eigenvalue weighted by Crippen LogP contribution is 2.35. The summed E-state index contributed by atoms with van der Waals surface area (Å²) < 4.78 is 11.0. The van der Waals surface area contributed by atoms with Crippen LogP contribution in [0.4, 0.5) is 0 Å². The standard InChI is InChI=1S/C8H14O2S2/c1-3-7(9)8(2)11-5-4-6-12(8)10/h3-6H2,1-2H3. The quantitative estimate of drug-likeness (QED) is 0.687. The van der Waals surface area contributed by atoms with Crippen LogP contribution in [0.2, 0.25) is 0 Å². The maximum Gasteiger partial charge on any atom is 0.160 e. The molecule has 0 saturated carbocycles. The molecule has 1 aliphatic rings. The first-order valence-electron chi connectivity index (χ1n) is 4.17. The van der Waals surface area contributed by atoms with Crippen LogP contribution in [0.5, 0.6) is 0 Å². The van der Waals surface area contributed by atoms with Gasteiger partial charge < -0.3 is 0 Å². The topological polar surface area (TPSA) is 34.1 Å². The van der Waals surface area contributed by atoms with Gasteiger partial charge in [-0.1, -0.05) is 6.92 Å². The highest BCUT2D eigenvalue weighted by Gasteiger charge is 2.40. The number of rotatable bonds is 2. The lowest BCUT2D eigenvalue weighted by molar-refractivity contribution is -0.118. The average molecular weight is 206 g/mol. The lowest BCUT2D eigenvalue weighted by Gasteiger charge is -2.30. The Morgan fingerprint density at radius 3 is 2.83 bits per heavy atom. The summed E-state index contributed by atoms with van der Waals surface area (Å²) >= 11 is 1.56. The summed E-state index contributed by atoms with van der Waals surface area (Å²) in [5.74, 6) is 1.79. The molecule has 4 heteroatoms. The van der Waals surface area contributed by atoms with Crippen molar-refractivity contribution in [1.29, 1.82) is 0 Å². The molecule has 0 aromatic heterocycles. The van der Waals surface area contributed by atoms with Crippen molar-refractivity contribution >= 4 is 28.3 Å². The summed E-state index contributed by atoms with van der Waals surface area (Å²) in [6.45, 7) is 3.65. The van der Waals surface area contributed by atoms with Gasteiger partial charge in [0.1, 0.15) is 4.08 Å². The summed E-state index contributed by atoms with van der Waals surface area (Å²) in [5, 5.41) is 0. The van der Waals surface area contributed by atoms with Gasteiger partial charge in [0.15, 0.2) is 5.78 Å². The third-order valence-electron chi connectivity index (χ3n) is 2.11. The fourth-order valence-corrected chi connectivity index (χ4v) is 4.63. The van der Waals surface area contributed by atoms with E-state index < -0.39 is 14.9 Å². The number of carbonyl (C=O) groups is 1. The first-order chi connectivity index (χ1) is 5.61. The van der Waals surface area contributed by atoms with Gasteiger partial charge in [-0.15, -0.1) is 11.8 Å². The van der Waals surface area contributed by atoms with Crippen molar-refractivity contribution in [3.8, 4) is 0 Å². The Labute approximate surface area is 79.9 Å². The van der Waals surface area contributed by atoms with Crippen LogP contribution in [0, 0.1) is 0 Å². The van der Waals surface area contributed by atoms with E-state index in [4.69, 9.17) is 0 Å². The van der Waals surface area contributed by atoms with Gasteiger partial charge in [0, 0.05) is 23.0 Å². The van der Waals surface area contributed by atoms with Gasteiger partial charge >= 0.3 is 0 Å². The van der Waals surface area contributed by atoms with E-state index in [9.17, 15) is 9.00 Å². The minimum atomic E-state index is -0.960. The molecule has 1 saturated heterocycles. The average Bonchev–Trinajstić information content (AvgIpc) is 2.09. The second kappa shape index (κ2) is 3.92. The molecule has 12 heavy (non-hydrogen) atoms. The van der Waals surface area contributed by atoms with E-state index >= 15 is 0 Å². The SMILES string of the molecule is CCC(=O)C1(C)SCCCS1=O. The van der Waals surface area contributed by atoms with E-state index in [0.717, 1.165) is 12.2 Å². The Kier molecular flexibility index (Phi) is 3.35. The van der Waals surface area contributed by atoms with E-state index in [1.807, 2.05) is 13.8 Å². The molecule has 0 bridgehead atoms. The number of carbonyl (C=O) groups excluding carboxylic acids is 1. The second-order valence-corrected chi connectivity index (χ2v) is 6.66. The monoisotopic (exact) mass is 206 g/mol. The third kappa shape index (κ3) is 1.74. The van der Waals surface area contributed by atoms with Gasteiger partial charge in [0.05, 0.1) is 0 Å². The Bertz CT molecular complexity index is 205. The molecule has 0 aliphatic carbocycles. The van der Waals surface area contributed by atoms with Crippen molar-refractivity contribution in [3.63, 3.8) is 0 Å². The first-order valence-corrected chi connectivity index (χ1v) is 6.47. The van der Waals surface area contributed by atoms with Crippen molar-refractivity contribution < 1.29 is 9.00 Å². The number of ketones is 1. The molecule has 0 aromatic carbocycles. The predicted molar refractivity (Wildman–Crippen MR) is 53.8 cm³/mol. The summed E-state index contributed by atoms with van der Waals surface area (Å²) in [6.07, 6.45) is 1.47. The van der Waals surface area contributed by atoms with Gasteiger partial charge in [0.25, 0.3) is 0 Å². The molecular weight excluding hydrogens is 192 g/mol. The van der Waals surface area contributed by atoms with Crippen LogP contribution in [0.15, 0.2) is 0 Å². The molecule has 2 unspecified atom stereocenters. The Morgan fingerprint density at radius 1 is 1.67 bits per heavy atom. The molecule has 2 nitrogen and oxygen atoms in total. The molecule has 0 spiro atoms. The fourth-order valence-electron chi connectivity index (χ4n) is 1.25. The maximum atomic E-state index is 11.6. The van der Waals surface area contributed by atoms with Crippen LogP contribution < -0.4 is 0 Å². The minimum Gasteiger partial charge on any atom is -0.297 e. The van der Waals surface area contributed by atoms with Gasteiger partial charge in [-0.2, -0.15) is 0 Å². The van der Waals surface area contributed by atoms with E-state index in [1.54, 1.807) is 11.8 Å².